The van der Waals surface area contributed by atoms with Crippen molar-refractivity contribution >= 4 is 105 Å². The Balaban J connectivity index is 1.08. The van der Waals surface area contributed by atoms with Gasteiger partial charge in [-0.3, -0.25) is 4.90 Å². The Kier molecular flexibility index (Phi) is 8.52. The average molecular weight is 908 g/mol. The Morgan fingerprint density at radius 1 is 0.239 bits per heavy atom. The lowest BCUT2D eigenvalue weighted by molar-refractivity contribution is 1.06. The molecule has 0 N–H and O–H groups in total. The Morgan fingerprint density at radius 2 is 0.451 bits per heavy atom. The highest BCUT2D eigenvalue weighted by Crippen LogP contribution is 2.44. The molecule has 0 saturated heterocycles. The summed E-state index contributed by atoms with van der Waals surface area (Å²) in [5.41, 5.74) is 14.9. The molecule has 0 saturated carbocycles. The van der Waals surface area contributed by atoms with Crippen LogP contribution in [-0.4, -0.2) is 28.2 Å². The predicted octanol–water partition coefficient (Wildman–Crippen LogP) is 16.3. The summed E-state index contributed by atoms with van der Waals surface area (Å²) in [6, 6.07) is 85.6. The zero-order chi connectivity index (χ0) is 46.6. The lowest BCUT2D eigenvalue weighted by atomic mass is 10.1. The number of para-hydroxylation sites is 8. The van der Waals surface area contributed by atoms with E-state index in [-0.39, 0.29) is 0 Å². The van der Waals surface area contributed by atoms with Crippen molar-refractivity contribution in [2.75, 3.05) is 4.90 Å². The van der Waals surface area contributed by atoms with Crippen LogP contribution in [0.1, 0.15) is 0 Å². The van der Waals surface area contributed by atoms with Crippen molar-refractivity contribution in [3.63, 3.8) is 0 Å². The first-order valence-electron chi connectivity index (χ1n) is 24.1. The van der Waals surface area contributed by atoms with Crippen LogP contribution in [-0.2, 0) is 0 Å². The first-order valence-corrected chi connectivity index (χ1v) is 24.1. The normalized spacial score (nSPS) is 11.9. The third kappa shape index (κ3) is 5.90. The zero-order valence-electron chi connectivity index (χ0n) is 38.3. The quantitative estimate of drug-likeness (QED) is 0.160. The van der Waals surface area contributed by atoms with Gasteiger partial charge < -0.3 is 18.3 Å². The molecule has 0 aliphatic heterocycles. The standard InChI is InChI=1S/C64H41N7/c1-9-26-56-48(18-1)49-19-2-10-27-57(49)68(56)44-36-42(37-45(40-44)69-58-28-11-3-20-50(58)51-21-4-12-29-59(51)69)67(64-65-34-17-35-66-64)43-38-46(70-60-30-13-5-22-52(60)53-23-6-14-31-61(53)70)41-47(39-43)71-62-32-15-7-24-54(62)55-25-8-16-33-63(55)71/h1-41H. The van der Waals surface area contributed by atoms with Crippen molar-refractivity contribution in [1.29, 1.82) is 0 Å². The first kappa shape index (κ1) is 39.3. The van der Waals surface area contributed by atoms with Gasteiger partial charge >= 0.3 is 0 Å². The molecule has 0 unspecified atom stereocenters. The molecule has 5 aromatic heterocycles. The summed E-state index contributed by atoms with van der Waals surface area (Å²) < 4.78 is 9.64. The van der Waals surface area contributed by atoms with Crippen LogP contribution in [0.5, 0.6) is 0 Å². The van der Waals surface area contributed by atoms with Gasteiger partial charge in [-0.25, -0.2) is 9.97 Å². The number of hydrogen-bond donors (Lipinski definition) is 0. The van der Waals surface area contributed by atoms with Crippen LogP contribution in [0, 0.1) is 0 Å². The van der Waals surface area contributed by atoms with Gasteiger partial charge in [0.1, 0.15) is 0 Å². The largest absolute Gasteiger partial charge is 0.309 e. The number of aromatic nitrogens is 6. The van der Waals surface area contributed by atoms with Crippen LogP contribution in [0.3, 0.4) is 0 Å². The molecule has 0 bridgehead atoms. The van der Waals surface area contributed by atoms with E-state index in [9.17, 15) is 0 Å². The second kappa shape index (κ2) is 15.4. The van der Waals surface area contributed by atoms with Gasteiger partial charge in [-0.05, 0) is 91.0 Å². The fourth-order valence-corrected chi connectivity index (χ4v) is 11.5. The van der Waals surface area contributed by atoms with E-state index in [0.29, 0.717) is 5.95 Å². The maximum absolute atomic E-state index is 5.09. The van der Waals surface area contributed by atoms with E-state index in [1.54, 1.807) is 0 Å². The molecule has 71 heavy (non-hydrogen) atoms. The SMILES string of the molecule is c1cnc(N(c2cc(-n3c4ccccc4c4ccccc43)cc(-n3c4ccccc4c4ccccc43)c2)c2cc(-n3c4ccccc4c4ccccc43)cc(-n3c4ccccc4c4ccccc43)c2)nc1. The smallest absolute Gasteiger partial charge is 0.234 e. The van der Waals surface area contributed by atoms with E-state index in [0.717, 1.165) is 78.3 Å². The molecule has 0 fully saturated rings. The number of nitrogens with zero attached hydrogens (tertiary/aromatic N) is 7. The average Bonchev–Trinajstić information content (AvgIpc) is 4.16. The highest BCUT2D eigenvalue weighted by molar-refractivity contribution is 6.13. The maximum Gasteiger partial charge on any atom is 0.234 e. The molecule has 0 aliphatic rings. The lowest BCUT2D eigenvalue weighted by Gasteiger charge is -2.27. The molecule has 0 spiro atoms. The molecule has 0 amide bonds. The number of hydrogen-bond acceptors (Lipinski definition) is 3. The van der Waals surface area contributed by atoms with E-state index in [4.69, 9.17) is 9.97 Å². The number of benzene rings is 10. The van der Waals surface area contributed by atoms with Crippen molar-refractivity contribution in [2.24, 2.45) is 0 Å². The number of fused-ring (bicyclic) bond motifs is 12. The van der Waals surface area contributed by atoms with Crippen LogP contribution in [0.2, 0.25) is 0 Å². The first-order chi connectivity index (χ1) is 35.2. The molecule has 7 heteroatoms. The van der Waals surface area contributed by atoms with Gasteiger partial charge in [0.2, 0.25) is 5.95 Å². The van der Waals surface area contributed by atoms with Crippen molar-refractivity contribution < 1.29 is 0 Å². The summed E-state index contributed by atoms with van der Waals surface area (Å²) in [5.74, 6) is 0.549. The molecule has 5 heterocycles. The molecule has 332 valence electrons. The molecule has 10 aromatic carbocycles. The van der Waals surface area contributed by atoms with Crippen molar-refractivity contribution in [3.05, 3.63) is 249 Å². The Bertz CT molecular complexity index is 3860. The van der Waals surface area contributed by atoms with Gasteiger partial charge in [-0.15, -0.1) is 0 Å². The summed E-state index contributed by atoms with van der Waals surface area (Å²) in [6.07, 6.45) is 3.68. The summed E-state index contributed by atoms with van der Waals surface area (Å²) in [5, 5.41) is 9.59. The van der Waals surface area contributed by atoms with Crippen LogP contribution >= 0.6 is 0 Å². The summed E-state index contributed by atoms with van der Waals surface area (Å²) >= 11 is 0. The molecule has 15 rings (SSSR count). The van der Waals surface area contributed by atoms with Crippen LogP contribution in [0.25, 0.3) is 110 Å². The van der Waals surface area contributed by atoms with Crippen molar-refractivity contribution in [3.8, 4) is 22.7 Å². The Morgan fingerprint density at radius 3 is 0.676 bits per heavy atom. The van der Waals surface area contributed by atoms with E-state index in [2.05, 4.69) is 254 Å². The fourth-order valence-electron chi connectivity index (χ4n) is 11.5. The van der Waals surface area contributed by atoms with Crippen molar-refractivity contribution in [1.82, 2.24) is 28.2 Å². The van der Waals surface area contributed by atoms with Gasteiger partial charge in [-0.1, -0.05) is 146 Å². The molecule has 0 atom stereocenters. The van der Waals surface area contributed by atoms with Gasteiger partial charge in [-0.2, -0.15) is 0 Å². The van der Waals surface area contributed by atoms with E-state index < -0.39 is 0 Å². The Hall–Kier alpha value is -9.72. The maximum atomic E-state index is 5.09. The third-order valence-electron chi connectivity index (χ3n) is 14.4. The minimum absolute atomic E-state index is 0.549. The molecular formula is C64H41N7. The number of rotatable bonds is 7. The van der Waals surface area contributed by atoms with Crippen LogP contribution in [0.15, 0.2) is 249 Å². The second-order valence-corrected chi connectivity index (χ2v) is 18.3. The molecule has 0 aliphatic carbocycles. The van der Waals surface area contributed by atoms with E-state index in [1.807, 2.05) is 18.5 Å². The molecule has 15 aromatic rings. The minimum atomic E-state index is 0.549. The summed E-state index contributed by atoms with van der Waals surface area (Å²) in [7, 11) is 0. The monoisotopic (exact) mass is 907 g/mol. The minimum Gasteiger partial charge on any atom is -0.309 e. The van der Waals surface area contributed by atoms with Gasteiger partial charge in [0.15, 0.2) is 0 Å². The van der Waals surface area contributed by atoms with Gasteiger partial charge in [0.25, 0.3) is 0 Å². The summed E-state index contributed by atoms with van der Waals surface area (Å²) in [4.78, 5) is 12.4. The zero-order valence-corrected chi connectivity index (χ0v) is 38.3. The topological polar surface area (TPSA) is 48.7 Å². The predicted molar refractivity (Wildman–Crippen MR) is 294 cm³/mol. The van der Waals surface area contributed by atoms with Gasteiger partial charge in [0.05, 0.1) is 78.3 Å². The van der Waals surface area contributed by atoms with E-state index in [1.165, 1.54) is 43.1 Å². The van der Waals surface area contributed by atoms with Crippen LogP contribution in [0.4, 0.5) is 17.3 Å². The highest BCUT2D eigenvalue weighted by Gasteiger charge is 2.24. The molecule has 0 radical (unpaired) electrons. The van der Waals surface area contributed by atoms with Crippen LogP contribution < -0.4 is 4.90 Å². The number of anilines is 3. The summed E-state index contributed by atoms with van der Waals surface area (Å²) in [6.45, 7) is 0. The second-order valence-electron chi connectivity index (χ2n) is 18.3. The lowest BCUT2D eigenvalue weighted by Crippen LogP contribution is -2.15. The molecule has 7 nitrogen and oxygen atoms in total. The fraction of sp³-hybridized carbons (Fsp3) is 0. The Labute approximate surface area is 407 Å². The highest BCUT2D eigenvalue weighted by atomic mass is 15.3. The van der Waals surface area contributed by atoms with Gasteiger partial charge in [0, 0.05) is 55.5 Å². The van der Waals surface area contributed by atoms with Crippen molar-refractivity contribution in [2.45, 2.75) is 0 Å². The van der Waals surface area contributed by atoms with E-state index >= 15 is 0 Å². The third-order valence-corrected chi connectivity index (χ3v) is 14.4. The molecular weight excluding hydrogens is 867 g/mol.